The van der Waals surface area contributed by atoms with Crippen LogP contribution in [-0.4, -0.2) is 14.8 Å². The number of aryl methyl sites for hydroxylation is 1. The number of rotatable bonds is 5. The molecule has 0 fully saturated rings. The lowest BCUT2D eigenvalue weighted by Gasteiger charge is -2.32. The maximum atomic E-state index is 6.06. The monoisotopic (exact) mass is 396 g/mol. The van der Waals surface area contributed by atoms with Crippen molar-refractivity contribution in [2.24, 2.45) is 0 Å². The molecule has 4 aromatic rings. The molecule has 5 nitrogen and oxygen atoms in total. The van der Waals surface area contributed by atoms with Gasteiger partial charge in [-0.1, -0.05) is 72.3 Å². The summed E-state index contributed by atoms with van der Waals surface area (Å²) < 4.78 is 8.03. The van der Waals surface area contributed by atoms with E-state index < -0.39 is 0 Å². The van der Waals surface area contributed by atoms with Crippen LogP contribution in [0.5, 0.6) is 5.75 Å². The summed E-state index contributed by atoms with van der Waals surface area (Å²) in [6.07, 6.45) is 2.50. The number of anilines is 1. The fourth-order valence-corrected chi connectivity index (χ4v) is 3.97. The van der Waals surface area contributed by atoms with Crippen molar-refractivity contribution >= 4 is 5.95 Å². The Kier molecular flexibility index (Phi) is 4.93. The Balaban J connectivity index is 1.40. The molecule has 0 amide bonds. The predicted molar refractivity (Wildman–Crippen MR) is 118 cm³/mol. The molecular weight excluding hydrogens is 372 g/mol. The molecule has 5 heteroatoms. The number of fused-ring (bicyclic) bond motifs is 1. The maximum absolute atomic E-state index is 6.06. The maximum Gasteiger partial charge on any atom is 0.222 e. The number of benzene rings is 3. The predicted octanol–water partition coefficient (Wildman–Crippen LogP) is 5.31. The largest absolute Gasteiger partial charge is 0.489 e. The highest BCUT2D eigenvalue weighted by molar-refractivity contribution is 5.40. The molecule has 1 aliphatic rings. The molecule has 150 valence electrons. The third kappa shape index (κ3) is 3.79. The van der Waals surface area contributed by atoms with Gasteiger partial charge >= 0.3 is 0 Å². The van der Waals surface area contributed by atoms with Crippen LogP contribution in [0.3, 0.4) is 0 Å². The van der Waals surface area contributed by atoms with E-state index in [-0.39, 0.29) is 12.1 Å². The van der Waals surface area contributed by atoms with Crippen LogP contribution >= 0.6 is 0 Å². The Labute approximate surface area is 176 Å². The van der Waals surface area contributed by atoms with E-state index in [4.69, 9.17) is 4.74 Å². The normalized spacial score (nSPS) is 17.8. The lowest BCUT2D eigenvalue weighted by molar-refractivity contribution is 0.305. The van der Waals surface area contributed by atoms with Crippen LogP contribution in [-0.2, 0) is 6.61 Å². The van der Waals surface area contributed by atoms with Gasteiger partial charge in [0.2, 0.25) is 5.95 Å². The lowest BCUT2D eigenvalue weighted by Crippen LogP contribution is -2.28. The van der Waals surface area contributed by atoms with Gasteiger partial charge in [-0.2, -0.15) is 10.1 Å². The van der Waals surface area contributed by atoms with Gasteiger partial charge in [0.25, 0.3) is 0 Å². The Morgan fingerprint density at radius 1 is 0.967 bits per heavy atom. The van der Waals surface area contributed by atoms with Crippen LogP contribution in [0.1, 0.15) is 40.8 Å². The standard InChI is InChI=1S/C25H24N4O/c1-18-10-12-20(13-11-18)23-15-24(29-25(28-23)26-17-27-29)21-8-5-9-22(14-21)30-16-19-6-3-2-4-7-19/h2-14,17,23-24H,15-16H2,1H3,(H,26,27,28). The van der Waals surface area contributed by atoms with E-state index in [1.165, 1.54) is 16.7 Å². The molecule has 2 atom stereocenters. The van der Waals surface area contributed by atoms with Crippen molar-refractivity contribution in [1.82, 2.24) is 14.8 Å². The second-order valence-electron chi connectivity index (χ2n) is 7.73. The summed E-state index contributed by atoms with van der Waals surface area (Å²) >= 11 is 0. The van der Waals surface area contributed by atoms with E-state index in [9.17, 15) is 0 Å². The van der Waals surface area contributed by atoms with E-state index in [2.05, 4.69) is 76.9 Å². The van der Waals surface area contributed by atoms with Crippen LogP contribution in [0, 0.1) is 6.92 Å². The molecule has 30 heavy (non-hydrogen) atoms. The van der Waals surface area contributed by atoms with Crippen LogP contribution in [0.2, 0.25) is 0 Å². The van der Waals surface area contributed by atoms with E-state index in [0.717, 1.165) is 23.7 Å². The van der Waals surface area contributed by atoms with E-state index in [1.807, 2.05) is 28.9 Å². The Morgan fingerprint density at radius 2 is 1.80 bits per heavy atom. The third-order valence-corrected chi connectivity index (χ3v) is 5.60. The minimum atomic E-state index is 0.0929. The molecule has 3 aromatic carbocycles. The zero-order valence-corrected chi connectivity index (χ0v) is 16.9. The first-order valence-corrected chi connectivity index (χ1v) is 10.3. The Hall–Kier alpha value is -3.60. The van der Waals surface area contributed by atoms with Crippen molar-refractivity contribution in [1.29, 1.82) is 0 Å². The van der Waals surface area contributed by atoms with Gasteiger partial charge in [0, 0.05) is 0 Å². The highest BCUT2D eigenvalue weighted by atomic mass is 16.5. The number of nitrogens with one attached hydrogen (secondary N) is 1. The molecule has 0 saturated heterocycles. The molecular formula is C25H24N4O. The Morgan fingerprint density at radius 3 is 2.63 bits per heavy atom. The molecule has 0 spiro atoms. The van der Waals surface area contributed by atoms with Crippen LogP contribution in [0.15, 0.2) is 85.2 Å². The molecule has 0 aliphatic carbocycles. The van der Waals surface area contributed by atoms with Gasteiger partial charge in [-0.3, -0.25) is 0 Å². The molecule has 2 heterocycles. The first-order valence-electron chi connectivity index (χ1n) is 10.3. The number of hydrogen-bond donors (Lipinski definition) is 1. The van der Waals surface area contributed by atoms with E-state index >= 15 is 0 Å². The summed E-state index contributed by atoms with van der Waals surface area (Å²) in [5.41, 5.74) is 4.85. The minimum Gasteiger partial charge on any atom is -0.489 e. The molecule has 5 rings (SSSR count). The SMILES string of the molecule is Cc1ccc(C2CC(c3cccc(OCc4ccccc4)c3)n3ncnc3N2)cc1. The van der Waals surface area contributed by atoms with Crippen LogP contribution in [0.4, 0.5) is 5.95 Å². The lowest BCUT2D eigenvalue weighted by atomic mass is 9.93. The summed E-state index contributed by atoms with van der Waals surface area (Å²) in [5.74, 6) is 1.66. The average molecular weight is 396 g/mol. The molecule has 1 aromatic heterocycles. The van der Waals surface area contributed by atoms with Crippen molar-refractivity contribution in [3.8, 4) is 5.75 Å². The van der Waals surface area contributed by atoms with Crippen molar-refractivity contribution in [3.05, 3.63) is 107 Å². The van der Waals surface area contributed by atoms with Crippen molar-refractivity contribution in [3.63, 3.8) is 0 Å². The van der Waals surface area contributed by atoms with E-state index in [0.29, 0.717) is 6.61 Å². The Bertz CT molecular complexity index is 1120. The summed E-state index contributed by atoms with van der Waals surface area (Å²) in [5, 5.41) is 8.01. The molecule has 0 radical (unpaired) electrons. The highest BCUT2D eigenvalue weighted by Gasteiger charge is 2.30. The summed E-state index contributed by atoms with van der Waals surface area (Å²) in [6, 6.07) is 27.5. The molecule has 0 saturated carbocycles. The quantitative estimate of drug-likeness (QED) is 0.497. The van der Waals surface area contributed by atoms with E-state index in [1.54, 1.807) is 6.33 Å². The zero-order valence-electron chi connectivity index (χ0n) is 16.9. The van der Waals surface area contributed by atoms with Gasteiger partial charge in [-0.25, -0.2) is 4.68 Å². The first-order chi connectivity index (χ1) is 14.8. The number of aromatic nitrogens is 3. The van der Waals surface area contributed by atoms with Gasteiger partial charge in [-0.15, -0.1) is 0 Å². The van der Waals surface area contributed by atoms with Crippen LogP contribution < -0.4 is 10.1 Å². The minimum absolute atomic E-state index is 0.0929. The first kappa shape index (κ1) is 18.4. The molecule has 1 aliphatic heterocycles. The fraction of sp³-hybridized carbons (Fsp3) is 0.200. The number of ether oxygens (including phenoxy) is 1. The number of hydrogen-bond acceptors (Lipinski definition) is 4. The van der Waals surface area contributed by atoms with Crippen molar-refractivity contribution < 1.29 is 4.74 Å². The van der Waals surface area contributed by atoms with Crippen molar-refractivity contribution in [2.75, 3.05) is 5.32 Å². The smallest absolute Gasteiger partial charge is 0.222 e. The summed E-state index contributed by atoms with van der Waals surface area (Å²) in [4.78, 5) is 4.43. The topological polar surface area (TPSA) is 52.0 Å². The molecule has 1 N–H and O–H groups in total. The zero-order chi connectivity index (χ0) is 20.3. The van der Waals surface area contributed by atoms with Gasteiger partial charge in [0.05, 0.1) is 12.1 Å². The second kappa shape index (κ2) is 8.03. The summed E-state index contributed by atoms with van der Waals surface area (Å²) in [6.45, 7) is 2.66. The number of nitrogens with zero attached hydrogens (tertiary/aromatic N) is 3. The van der Waals surface area contributed by atoms with Crippen LogP contribution in [0.25, 0.3) is 0 Å². The average Bonchev–Trinajstić information content (AvgIpc) is 3.27. The second-order valence-corrected chi connectivity index (χ2v) is 7.73. The third-order valence-electron chi connectivity index (χ3n) is 5.60. The summed E-state index contributed by atoms with van der Waals surface area (Å²) in [7, 11) is 0. The highest BCUT2D eigenvalue weighted by Crippen LogP contribution is 2.38. The van der Waals surface area contributed by atoms with Gasteiger partial charge < -0.3 is 10.1 Å². The van der Waals surface area contributed by atoms with Gasteiger partial charge in [0.1, 0.15) is 18.7 Å². The van der Waals surface area contributed by atoms with Gasteiger partial charge in [-0.05, 0) is 42.2 Å². The fourth-order valence-electron chi connectivity index (χ4n) is 3.97. The van der Waals surface area contributed by atoms with Crippen molar-refractivity contribution in [2.45, 2.75) is 32.0 Å². The molecule has 2 unspecified atom stereocenters. The van der Waals surface area contributed by atoms with Gasteiger partial charge in [0.15, 0.2) is 0 Å². The molecule has 0 bridgehead atoms.